The van der Waals surface area contributed by atoms with Crippen molar-refractivity contribution in [3.05, 3.63) is 10.6 Å². The molecule has 0 saturated carbocycles. The zero-order chi connectivity index (χ0) is 13.2. The van der Waals surface area contributed by atoms with Crippen LogP contribution in [-0.2, 0) is 6.42 Å². The fourth-order valence-electron chi connectivity index (χ4n) is 3.35. The van der Waals surface area contributed by atoms with Crippen LogP contribution in [0, 0.1) is 5.92 Å². The molecule has 2 unspecified atom stereocenters. The Bertz CT molecular complexity index is 429. The van der Waals surface area contributed by atoms with Gasteiger partial charge in [0.15, 0.2) is 5.13 Å². The molecule has 0 aromatic carbocycles. The van der Waals surface area contributed by atoms with Crippen molar-refractivity contribution in [2.24, 2.45) is 5.92 Å². The zero-order valence-corrected chi connectivity index (χ0v) is 12.9. The molecule has 1 aromatic rings. The van der Waals surface area contributed by atoms with Crippen molar-refractivity contribution in [3.63, 3.8) is 0 Å². The van der Waals surface area contributed by atoms with Crippen molar-refractivity contribution in [1.29, 1.82) is 0 Å². The Hall–Kier alpha value is -0.610. The highest BCUT2D eigenvalue weighted by molar-refractivity contribution is 7.15. The summed E-state index contributed by atoms with van der Waals surface area (Å²) >= 11 is 1.95. The van der Waals surface area contributed by atoms with Gasteiger partial charge in [0, 0.05) is 18.0 Å². The number of aryl methyl sites for hydroxylation is 1. The number of anilines is 1. The van der Waals surface area contributed by atoms with E-state index < -0.39 is 0 Å². The highest BCUT2D eigenvalue weighted by atomic mass is 32.1. The van der Waals surface area contributed by atoms with Crippen LogP contribution in [0.25, 0.3) is 0 Å². The van der Waals surface area contributed by atoms with Crippen LogP contribution in [0.5, 0.6) is 0 Å². The molecule has 1 N–H and O–H groups in total. The minimum Gasteiger partial charge on any atom is -0.348 e. The molecule has 4 heteroatoms. The van der Waals surface area contributed by atoms with Crippen LogP contribution < -0.4 is 10.2 Å². The van der Waals surface area contributed by atoms with Crippen LogP contribution in [0.3, 0.4) is 0 Å². The highest BCUT2D eigenvalue weighted by Gasteiger charge is 2.27. The van der Waals surface area contributed by atoms with Crippen LogP contribution in [-0.4, -0.2) is 24.6 Å². The fourth-order valence-corrected chi connectivity index (χ4v) is 4.55. The van der Waals surface area contributed by atoms with E-state index in [-0.39, 0.29) is 0 Å². The molecule has 0 bridgehead atoms. The third-order valence-corrected chi connectivity index (χ3v) is 5.51. The van der Waals surface area contributed by atoms with Gasteiger partial charge in [0.1, 0.15) is 0 Å². The second-order valence-corrected chi connectivity index (χ2v) is 7.06. The standard InChI is InChI=1S/C15H25N3S/c1-3-16-12-7-4-8-13-14(12)17-15(19-13)18-9-5-6-11(2)10-18/h11-12,16H,3-10H2,1-2H3. The predicted octanol–water partition coefficient (Wildman–Crippen LogP) is 3.37. The molecular formula is C15H25N3S. The third-order valence-electron chi connectivity index (χ3n) is 4.32. The first kappa shape index (κ1) is 13.4. The number of piperidine rings is 1. The van der Waals surface area contributed by atoms with Gasteiger partial charge < -0.3 is 10.2 Å². The molecule has 1 fully saturated rings. The van der Waals surface area contributed by atoms with Crippen molar-refractivity contribution in [2.45, 2.75) is 52.0 Å². The normalized spacial score (nSPS) is 27.4. The van der Waals surface area contributed by atoms with E-state index in [1.54, 1.807) is 0 Å². The topological polar surface area (TPSA) is 28.2 Å². The summed E-state index contributed by atoms with van der Waals surface area (Å²) in [6.45, 7) is 7.98. The molecule has 1 aliphatic heterocycles. The van der Waals surface area contributed by atoms with E-state index in [1.807, 2.05) is 11.3 Å². The van der Waals surface area contributed by atoms with Gasteiger partial charge in [-0.05, 0) is 44.6 Å². The SMILES string of the molecule is CCNC1CCCc2sc(N3CCCC(C)C3)nc21. The minimum absolute atomic E-state index is 0.501. The van der Waals surface area contributed by atoms with Crippen molar-refractivity contribution < 1.29 is 0 Å². The van der Waals surface area contributed by atoms with Gasteiger partial charge in [-0.2, -0.15) is 0 Å². The Morgan fingerprint density at radius 3 is 3.05 bits per heavy atom. The Balaban J connectivity index is 1.80. The van der Waals surface area contributed by atoms with Crippen LogP contribution in [0.15, 0.2) is 0 Å². The van der Waals surface area contributed by atoms with Gasteiger partial charge in [-0.3, -0.25) is 0 Å². The van der Waals surface area contributed by atoms with Gasteiger partial charge in [0.25, 0.3) is 0 Å². The van der Waals surface area contributed by atoms with E-state index in [0.717, 1.165) is 12.5 Å². The molecule has 2 atom stereocenters. The molecule has 3 rings (SSSR count). The van der Waals surface area contributed by atoms with Gasteiger partial charge in [0.05, 0.1) is 11.7 Å². The number of thiazole rings is 1. The van der Waals surface area contributed by atoms with E-state index in [4.69, 9.17) is 4.98 Å². The van der Waals surface area contributed by atoms with E-state index in [0.29, 0.717) is 6.04 Å². The highest BCUT2D eigenvalue weighted by Crippen LogP contribution is 2.37. The first-order valence-electron chi connectivity index (χ1n) is 7.76. The molecule has 106 valence electrons. The number of hydrogen-bond acceptors (Lipinski definition) is 4. The zero-order valence-electron chi connectivity index (χ0n) is 12.1. The van der Waals surface area contributed by atoms with Crippen LogP contribution in [0.1, 0.15) is 56.1 Å². The van der Waals surface area contributed by atoms with Crippen molar-refractivity contribution in [2.75, 3.05) is 24.5 Å². The second kappa shape index (κ2) is 5.80. The first-order chi connectivity index (χ1) is 9.28. The molecule has 2 aliphatic rings. The molecule has 3 nitrogen and oxygen atoms in total. The Morgan fingerprint density at radius 1 is 1.37 bits per heavy atom. The minimum atomic E-state index is 0.501. The number of nitrogens with zero attached hydrogens (tertiary/aromatic N) is 2. The maximum absolute atomic E-state index is 4.99. The summed E-state index contributed by atoms with van der Waals surface area (Å²) in [7, 11) is 0. The lowest BCUT2D eigenvalue weighted by atomic mass is 9.98. The maximum Gasteiger partial charge on any atom is 0.185 e. The third kappa shape index (κ3) is 2.79. The van der Waals surface area contributed by atoms with Gasteiger partial charge >= 0.3 is 0 Å². The van der Waals surface area contributed by atoms with Crippen LogP contribution >= 0.6 is 11.3 Å². The van der Waals surface area contributed by atoms with Gasteiger partial charge in [-0.1, -0.05) is 13.8 Å². The summed E-state index contributed by atoms with van der Waals surface area (Å²) in [5.74, 6) is 0.819. The molecule has 0 spiro atoms. The average Bonchev–Trinajstić information content (AvgIpc) is 2.84. The summed E-state index contributed by atoms with van der Waals surface area (Å²) in [5, 5.41) is 4.87. The Labute approximate surface area is 120 Å². The number of nitrogens with one attached hydrogen (secondary N) is 1. The first-order valence-corrected chi connectivity index (χ1v) is 8.57. The summed E-state index contributed by atoms with van der Waals surface area (Å²) in [5.41, 5.74) is 1.35. The van der Waals surface area contributed by atoms with Crippen LogP contribution in [0.4, 0.5) is 5.13 Å². The smallest absolute Gasteiger partial charge is 0.185 e. The molecule has 1 aromatic heterocycles. The fraction of sp³-hybridized carbons (Fsp3) is 0.800. The largest absolute Gasteiger partial charge is 0.348 e. The van der Waals surface area contributed by atoms with Crippen LogP contribution in [0.2, 0.25) is 0 Å². The van der Waals surface area contributed by atoms with Gasteiger partial charge in [-0.15, -0.1) is 11.3 Å². The van der Waals surface area contributed by atoms with E-state index in [9.17, 15) is 0 Å². The number of rotatable bonds is 3. The number of aromatic nitrogens is 1. The monoisotopic (exact) mass is 279 g/mol. The summed E-state index contributed by atoms with van der Waals surface area (Å²) in [4.78, 5) is 9.04. The second-order valence-electron chi connectivity index (χ2n) is 6.00. The van der Waals surface area contributed by atoms with E-state index >= 15 is 0 Å². The van der Waals surface area contributed by atoms with E-state index in [2.05, 4.69) is 24.1 Å². The van der Waals surface area contributed by atoms with Gasteiger partial charge in [0.2, 0.25) is 0 Å². The quantitative estimate of drug-likeness (QED) is 0.919. The average molecular weight is 279 g/mol. The van der Waals surface area contributed by atoms with Crippen molar-refractivity contribution >= 4 is 16.5 Å². The lowest BCUT2D eigenvalue weighted by Gasteiger charge is -2.30. The number of hydrogen-bond donors (Lipinski definition) is 1. The molecular weight excluding hydrogens is 254 g/mol. The lowest BCUT2D eigenvalue weighted by Crippen LogP contribution is -2.34. The lowest BCUT2D eigenvalue weighted by molar-refractivity contribution is 0.443. The molecule has 0 amide bonds. The molecule has 0 radical (unpaired) electrons. The molecule has 2 heterocycles. The van der Waals surface area contributed by atoms with Crippen molar-refractivity contribution in [1.82, 2.24) is 10.3 Å². The summed E-state index contributed by atoms with van der Waals surface area (Å²) < 4.78 is 0. The predicted molar refractivity (Wildman–Crippen MR) is 82.1 cm³/mol. The Kier molecular flexibility index (Phi) is 4.08. The molecule has 1 aliphatic carbocycles. The van der Waals surface area contributed by atoms with E-state index in [1.165, 1.54) is 60.9 Å². The molecule has 19 heavy (non-hydrogen) atoms. The maximum atomic E-state index is 4.99. The van der Waals surface area contributed by atoms with Crippen molar-refractivity contribution in [3.8, 4) is 0 Å². The number of fused-ring (bicyclic) bond motifs is 1. The summed E-state index contributed by atoms with van der Waals surface area (Å²) in [6.07, 6.45) is 6.49. The molecule has 1 saturated heterocycles. The van der Waals surface area contributed by atoms with Gasteiger partial charge in [-0.25, -0.2) is 4.98 Å². The summed E-state index contributed by atoms with van der Waals surface area (Å²) in [6, 6.07) is 0.501. The Morgan fingerprint density at radius 2 is 2.26 bits per heavy atom.